The van der Waals surface area contributed by atoms with E-state index in [-0.39, 0.29) is 24.2 Å². The van der Waals surface area contributed by atoms with Gasteiger partial charge >= 0.3 is 5.97 Å². The number of carbonyl (C=O) groups is 2. The molecule has 1 aromatic heterocycles. The second-order valence-corrected chi connectivity index (χ2v) is 3.35. The van der Waals surface area contributed by atoms with Gasteiger partial charge in [-0.1, -0.05) is 0 Å². The maximum absolute atomic E-state index is 11.5. The molecule has 0 aromatic carbocycles. The first kappa shape index (κ1) is 12.0. The highest BCUT2D eigenvalue weighted by Gasteiger charge is 2.14. The summed E-state index contributed by atoms with van der Waals surface area (Å²) in [6.45, 7) is 1.71. The highest BCUT2D eigenvalue weighted by atomic mass is 16.4. The normalized spacial score (nSPS) is 12.1. The van der Waals surface area contributed by atoms with Crippen LogP contribution >= 0.6 is 0 Å². The molecule has 1 rings (SSSR count). The van der Waals surface area contributed by atoms with Gasteiger partial charge in [-0.15, -0.1) is 5.10 Å². The van der Waals surface area contributed by atoms with Gasteiger partial charge in [0.15, 0.2) is 0 Å². The van der Waals surface area contributed by atoms with Crippen molar-refractivity contribution in [2.75, 3.05) is 5.73 Å². The molecule has 0 aliphatic carbocycles. The van der Waals surface area contributed by atoms with Crippen LogP contribution in [0.3, 0.4) is 0 Å². The molecule has 1 atom stereocenters. The molecule has 1 unspecified atom stereocenters. The molecule has 0 spiro atoms. The van der Waals surface area contributed by atoms with Crippen LogP contribution in [0.25, 0.3) is 0 Å². The highest BCUT2D eigenvalue weighted by Crippen LogP contribution is 1.99. The number of carboxylic acids is 1. The summed E-state index contributed by atoms with van der Waals surface area (Å²) in [6.07, 6.45) is 0.352. The molecular weight excluding hydrogens is 214 g/mol. The van der Waals surface area contributed by atoms with Crippen LogP contribution in [-0.4, -0.2) is 38.2 Å². The maximum atomic E-state index is 11.5. The van der Waals surface area contributed by atoms with Crippen molar-refractivity contribution >= 4 is 17.8 Å². The zero-order valence-corrected chi connectivity index (χ0v) is 8.73. The highest BCUT2D eigenvalue weighted by molar-refractivity contribution is 5.90. The lowest BCUT2D eigenvalue weighted by atomic mass is 10.2. The third kappa shape index (κ3) is 3.56. The van der Waals surface area contributed by atoms with E-state index in [0.717, 1.165) is 0 Å². The zero-order valence-electron chi connectivity index (χ0n) is 8.73. The summed E-state index contributed by atoms with van der Waals surface area (Å²) in [7, 11) is 0. The van der Waals surface area contributed by atoms with Crippen LogP contribution in [0.5, 0.6) is 0 Å². The van der Waals surface area contributed by atoms with E-state index in [4.69, 9.17) is 10.8 Å². The van der Waals surface area contributed by atoms with Gasteiger partial charge in [0.1, 0.15) is 0 Å². The smallest absolute Gasteiger partial charge is 0.303 e. The molecule has 1 heterocycles. The van der Waals surface area contributed by atoms with E-state index in [1.165, 1.54) is 0 Å². The number of amides is 1. The fourth-order valence-corrected chi connectivity index (χ4v) is 1.08. The molecule has 8 heteroatoms. The molecule has 0 aliphatic rings. The Balaban J connectivity index is 2.42. The van der Waals surface area contributed by atoms with Crippen LogP contribution in [0, 0.1) is 0 Å². The molecule has 1 amide bonds. The number of nitrogens with zero attached hydrogens (tertiary/aromatic N) is 2. The van der Waals surface area contributed by atoms with E-state index < -0.39 is 11.9 Å². The number of nitrogens with one attached hydrogen (secondary N) is 2. The van der Waals surface area contributed by atoms with Gasteiger partial charge in [0, 0.05) is 12.5 Å². The van der Waals surface area contributed by atoms with E-state index in [1.54, 1.807) is 6.92 Å². The predicted octanol–water partition coefficient (Wildman–Crippen LogP) is -0.630. The minimum absolute atomic E-state index is 0.00000961. The lowest BCUT2D eigenvalue weighted by molar-refractivity contribution is -0.137. The third-order valence-corrected chi connectivity index (χ3v) is 1.89. The summed E-state index contributed by atoms with van der Waals surface area (Å²) >= 11 is 0. The van der Waals surface area contributed by atoms with Gasteiger partial charge in [0.05, 0.1) is 0 Å². The zero-order chi connectivity index (χ0) is 12.1. The third-order valence-electron chi connectivity index (χ3n) is 1.89. The van der Waals surface area contributed by atoms with E-state index in [0.29, 0.717) is 6.42 Å². The van der Waals surface area contributed by atoms with Crippen LogP contribution in [-0.2, 0) is 4.79 Å². The maximum Gasteiger partial charge on any atom is 0.303 e. The van der Waals surface area contributed by atoms with Crippen molar-refractivity contribution in [3.8, 4) is 0 Å². The molecule has 0 bridgehead atoms. The monoisotopic (exact) mass is 227 g/mol. The van der Waals surface area contributed by atoms with Gasteiger partial charge in [0.2, 0.25) is 11.8 Å². The Labute approximate surface area is 91.2 Å². The number of carbonyl (C=O) groups excluding carboxylic acids is 1. The minimum atomic E-state index is -0.898. The quantitative estimate of drug-likeness (QED) is 0.529. The molecule has 0 saturated carbocycles. The largest absolute Gasteiger partial charge is 0.481 e. The summed E-state index contributed by atoms with van der Waals surface area (Å²) in [4.78, 5) is 25.4. The first-order valence-corrected chi connectivity index (χ1v) is 4.69. The Kier molecular flexibility index (Phi) is 3.81. The first-order valence-electron chi connectivity index (χ1n) is 4.69. The number of hydrogen-bond acceptors (Lipinski definition) is 5. The van der Waals surface area contributed by atoms with E-state index in [2.05, 4.69) is 20.5 Å². The Morgan fingerprint density at radius 3 is 2.81 bits per heavy atom. The van der Waals surface area contributed by atoms with E-state index in [9.17, 15) is 9.59 Å². The Bertz CT molecular complexity index is 389. The van der Waals surface area contributed by atoms with Gasteiger partial charge in [-0.05, 0) is 13.3 Å². The number of H-pyrrole nitrogens is 1. The summed E-state index contributed by atoms with van der Waals surface area (Å²) in [5.41, 5.74) is 5.23. The molecular formula is C8H13N5O3. The number of aromatic amines is 1. The number of nitrogen functional groups attached to an aromatic ring is 1. The van der Waals surface area contributed by atoms with Crippen molar-refractivity contribution in [3.63, 3.8) is 0 Å². The molecule has 16 heavy (non-hydrogen) atoms. The second kappa shape index (κ2) is 5.10. The SMILES string of the molecule is CC(CCC(=O)O)NC(=O)c1nc(N)n[nH]1. The van der Waals surface area contributed by atoms with Crippen molar-refractivity contribution in [2.24, 2.45) is 0 Å². The van der Waals surface area contributed by atoms with Crippen molar-refractivity contribution in [2.45, 2.75) is 25.8 Å². The first-order chi connectivity index (χ1) is 7.49. The van der Waals surface area contributed by atoms with Gasteiger partial charge in [-0.3, -0.25) is 14.7 Å². The molecule has 1 aromatic rings. The van der Waals surface area contributed by atoms with Crippen molar-refractivity contribution < 1.29 is 14.7 Å². The van der Waals surface area contributed by atoms with Gasteiger partial charge in [0.25, 0.3) is 5.91 Å². The Morgan fingerprint density at radius 1 is 1.62 bits per heavy atom. The van der Waals surface area contributed by atoms with Gasteiger partial charge in [-0.25, -0.2) is 0 Å². The fraction of sp³-hybridized carbons (Fsp3) is 0.500. The summed E-state index contributed by atoms with van der Waals surface area (Å²) in [5, 5.41) is 16.9. The summed E-state index contributed by atoms with van der Waals surface area (Å²) in [6, 6.07) is -0.255. The van der Waals surface area contributed by atoms with Crippen LogP contribution in [0.4, 0.5) is 5.95 Å². The summed E-state index contributed by atoms with van der Waals surface area (Å²) in [5.74, 6) is -1.35. The molecule has 0 radical (unpaired) electrons. The topological polar surface area (TPSA) is 134 Å². The number of carboxylic acid groups (broad SMARTS) is 1. The molecule has 0 fully saturated rings. The number of aliphatic carboxylic acids is 1. The van der Waals surface area contributed by atoms with Crippen molar-refractivity contribution in [1.29, 1.82) is 0 Å². The van der Waals surface area contributed by atoms with Crippen molar-refractivity contribution in [3.05, 3.63) is 5.82 Å². The standard InChI is InChI=1S/C8H13N5O3/c1-4(2-3-5(14)15)10-7(16)6-11-8(9)13-12-6/h4H,2-3H2,1H3,(H,10,16)(H,14,15)(H3,9,11,12,13). The lowest BCUT2D eigenvalue weighted by Gasteiger charge is -2.10. The molecule has 88 valence electrons. The molecule has 5 N–H and O–H groups in total. The van der Waals surface area contributed by atoms with Gasteiger partial charge < -0.3 is 16.2 Å². The number of aromatic nitrogens is 3. The molecule has 0 saturated heterocycles. The number of nitrogens with two attached hydrogens (primary N) is 1. The average Bonchev–Trinajstić information content (AvgIpc) is 2.62. The fourth-order valence-electron chi connectivity index (χ4n) is 1.08. The Morgan fingerprint density at radius 2 is 2.31 bits per heavy atom. The minimum Gasteiger partial charge on any atom is -0.481 e. The van der Waals surface area contributed by atoms with E-state index >= 15 is 0 Å². The van der Waals surface area contributed by atoms with E-state index in [1.807, 2.05) is 0 Å². The van der Waals surface area contributed by atoms with Crippen LogP contribution in [0.1, 0.15) is 30.4 Å². The van der Waals surface area contributed by atoms with Crippen LogP contribution in [0.2, 0.25) is 0 Å². The summed E-state index contributed by atoms with van der Waals surface area (Å²) < 4.78 is 0. The van der Waals surface area contributed by atoms with Crippen LogP contribution < -0.4 is 11.1 Å². The predicted molar refractivity (Wildman–Crippen MR) is 54.6 cm³/mol. The Hall–Kier alpha value is -2.12. The average molecular weight is 227 g/mol. The second-order valence-electron chi connectivity index (χ2n) is 3.35. The van der Waals surface area contributed by atoms with Gasteiger partial charge in [-0.2, -0.15) is 4.98 Å². The number of hydrogen-bond donors (Lipinski definition) is 4. The lowest BCUT2D eigenvalue weighted by Crippen LogP contribution is -2.33. The van der Waals surface area contributed by atoms with Crippen molar-refractivity contribution in [1.82, 2.24) is 20.5 Å². The molecule has 8 nitrogen and oxygen atoms in total. The molecule has 0 aliphatic heterocycles. The van der Waals surface area contributed by atoms with Crippen LogP contribution in [0.15, 0.2) is 0 Å². The number of rotatable bonds is 5. The number of anilines is 1.